The number of aromatic nitrogens is 2. The Morgan fingerprint density at radius 1 is 1.39 bits per heavy atom. The smallest absolute Gasteiger partial charge is 0.134 e. The molecular formula is C13H22N4O. The van der Waals surface area contributed by atoms with E-state index in [4.69, 9.17) is 0 Å². The van der Waals surface area contributed by atoms with E-state index < -0.39 is 5.60 Å². The Morgan fingerprint density at radius 2 is 2.06 bits per heavy atom. The van der Waals surface area contributed by atoms with Gasteiger partial charge >= 0.3 is 0 Å². The molecule has 1 fully saturated rings. The van der Waals surface area contributed by atoms with Crippen molar-refractivity contribution >= 4 is 11.6 Å². The number of anilines is 2. The molecule has 18 heavy (non-hydrogen) atoms. The number of piperidine rings is 1. The summed E-state index contributed by atoms with van der Waals surface area (Å²) < 4.78 is 0. The third kappa shape index (κ3) is 2.90. The van der Waals surface area contributed by atoms with E-state index in [1.54, 1.807) is 0 Å². The molecule has 1 aromatic rings. The van der Waals surface area contributed by atoms with Gasteiger partial charge in [-0.3, -0.25) is 0 Å². The lowest BCUT2D eigenvalue weighted by molar-refractivity contribution is 0.0350. The maximum Gasteiger partial charge on any atom is 0.134 e. The van der Waals surface area contributed by atoms with Gasteiger partial charge in [0.15, 0.2) is 0 Å². The lowest BCUT2D eigenvalue weighted by Gasteiger charge is -2.36. The van der Waals surface area contributed by atoms with E-state index in [-0.39, 0.29) is 0 Å². The van der Waals surface area contributed by atoms with Gasteiger partial charge in [0, 0.05) is 32.6 Å². The molecule has 0 unspecified atom stereocenters. The second-order valence-corrected chi connectivity index (χ2v) is 5.12. The molecule has 2 N–H and O–H groups in total. The van der Waals surface area contributed by atoms with Gasteiger partial charge in [-0.15, -0.1) is 0 Å². The molecule has 1 aliphatic heterocycles. The Hall–Kier alpha value is -1.36. The molecule has 5 nitrogen and oxygen atoms in total. The average molecular weight is 250 g/mol. The van der Waals surface area contributed by atoms with Crippen LogP contribution in [0.15, 0.2) is 6.07 Å². The van der Waals surface area contributed by atoms with Gasteiger partial charge in [0.25, 0.3) is 0 Å². The molecule has 1 aromatic heterocycles. The van der Waals surface area contributed by atoms with E-state index in [1.807, 2.05) is 20.0 Å². The summed E-state index contributed by atoms with van der Waals surface area (Å²) in [5.74, 6) is 2.67. The molecule has 1 aliphatic rings. The van der Waals surface area contributed by atoms with Gasteiger partial charge < -0.3 is 15.3 Å². The normalized spacial score (nSPS) is 18.8. The van der Waals surface area contributed by atoms with Crippen LogP contribution in [-0.4, -0.2) is 40.8 Å². The van der Waals surface area contributed by atoms with Crippen LogP contribution < -0.4 is 10.2 Å². The van der Waals surface area contributed by atoms with E-state index in [2.05, 4.69) is 27.1 Å². The Labute approximate surface area is 108 Å². The maximum atomic E-state index is 9.97. The predicted molar refractivity (Wildman–Crippen MR) is 73.0 cm³/mol. The number of aliphatic hydroxyl groups is 1. The minimum atomic E-state index is -0.525. The zero-order valence-corrected chi connectivity index (χ0v) is 11.4. The van der Waals surface area contributed by atoms with Crippen molar-refractivity contribution in [3.63, 3.8) is 0 Å². The molecule has 1 saturated heterocycles. The van der Waals surface area contributed by atoms with Crippen LogP contribution in [0.1, 0.15) is 32.5 Å². The Kier molecular flexibility index (Phi) is 3.71. The fourth-order valence-electron chi connectivity index (χ4n) is 2.15. The highest BCUT2D eigenvalue weighted by Gasteiger charge is 2.28. The molecule has 0 aliphatic carbocycles. The predicted octanol–water partition coefficient (Wildman–Crippen LogP) is 1.43. The number of aryl methyl sites for hydroxylation is 1. The lowest BCUT2D eigenvalue weighted by Crippen LogP contribution is -2.42. The van der Waals surface area contributed by atoms with Crippen LogP contribution in [-0.2, 0) is 6.42 Å². The third-order valence-electron chi connectivity index (χ3n) is 3.50. The molecule has 0 bridgehead atoms. The minimum absolute atomic E-state index is 0.525. The second kappa shape index (κ2) is 5.10. The van der Waals surface area contributed by atoms with E-state index >= 15 is 0 Å². The Bertz CT molecular complexity index is 387. The minimum Gasteiger partial charge on any atom is -0.390 e. The van der Waals surface area contributed by atoms with Crippen molar-refractivity contribution in [2.45, 2.75) is 38.7 Å². The second-order valence-electron chi connectivity index (χ2n) is 5.12. The summed E-state index contributed by atoms with van der Waals surface area (Å²) in [5.41, 5.74) is -0.525. The quantitative estimate of drug-likeness (QED) is 0.850. The van der Waals surface area contributed by atoms with Crippen molar-refractivity contribution in [2.75, 3.05) is 30.4 Å². The highest BCUT2D eigenvalue weighted by atomic mass is 16.3. The van der Waals surface area contributed by atoms with Crippen molar-refractivity contribution < 1.29 is 5.11 Å². The first kappa shape index (κ1) is 13.1. The van der Waals surface area contributed by atoms with Crippen LogP contribution in [0.5, 0.6) is 0 Å². The summed E-state index contributed by atoms with van der Waals surface area (Å²) >= 11 is 0. The Balaban J connectivity index is 2.18. The van der Waals surface area contributed by atoms with Gasteiger partial charge in [-0.1, -0.05) is 6.92 Å². The molecule has 2 rings (SSSR count). The molecule has 0 spiro atoms. The van der Waals surface area contributed by atoms with E-state index in [0.717, 1.165) is 49.8 Å². The first-order valence-electron chi connectivity index (χ1n) is 6.57. The molecule has 0 radical (unpaired) electrons. The van der Waals surface area contributed by atoms with Crippen molar-refractivity contribution in [1.29, 1.82) is 0 Å². The van der Waals surface area contributed by atoms with Gasteiger partial charge in [0.05, 0.1) is 5.60 Å². The summed E-state index contributed by atoms with van der Waals surface area (Å²) in [6.45, 7) is 5.65. The summed E-state index contributed by atoms with van der Waals surface area (Å²) in [4.78, 5) is 11.2. The number of rotatable bonds is 3. The van der Waals surface area contributed by atoms with Crippen molar-refractivity contribution in [2.24, 2.45) is 0 Å². The molecule has 2 heterocycles. The van der Waals surface area contributed by atoms with Crippen molar-refractivity contribution in [1.82, 2.24) is 9.97 Å². The highest BCUT2D eigenvalue weighted by Crippen LogP contribution is 2.25. The van der Waals surface area contributed by atoms with Crippen LogP contribution in [0.4, 0.5) is 11.6 Å². The number of hydrogen-bond acceptors (Lipinski definition) is 5. The van der Waals surface area contributed by atoms with Crippen LogP contribution in [0, 0.1) is 0 Å². The van der Waals surface area contributed by atoms with E-state index in [9.17, 15) is 5.11 Å². The number of nitrogens with one attached hydrogen (secondary N) is 1. The fraction of sp³-hybridized carbons (Fsp3) is 0.692. The van der Waals surface area contributed by atoms with Gasteiger partial charge in [0.1, 0.15) is 17.5 Å². The highest BCUT2D eigenvalue weighted by molar-refractivity contribution is 5.49. The van der Waals surface area contributed by atoms with Gasteiger partial charge in [-0.2, -0.15) is 0 Å². The third-order valence-corrected chi connectivity index (χ3v) is 3.50. The van der Waals surface area contributed by atoms with E-state index in [1.165, 1.54) is 0 Å². The molecule has 0 saturated carbocycles. The average Bonchev–Trinajstić information content (AvgIpc) is 2.38. The monoisotopic (exact) mass is 250 g/mol. The Morgan fingerprint density at radius 3 is 2.61 bits per heavy atom. The standard InChI is InChI=1S/C13H22N4O/c1-4-10-15-11(14-3)9-12(16-10)17-7-5-13(2,18)6-8-17/h9,18H,4-8H2,1-3H3,(H,14,15,16). The molecule has 0 aromatic carbocycles. The largest absolute Gasteiger partial charge is 0.390 e. The van der Waals surface area contributed by atoms with Gasteiger partial charge in [0.2, 0.25) is 0 Å². The summed E-state index contributed by atoms with van der Waals surface area (Å²) in [5, 5.41) is 13.0. The summed E-state index contributed by atoms with van der Waals surface area (Å²) in [6, 6.07) is 1.97. The molecule has 0 atom stereocenters. The number of hydrogen-bond donors (Lipinski definition) is 2. The molecule has 100 valence electrons. The van der Waals surface area contributed by atoms with Gasteiger partial charge in [-0.05, 0) is 19.8 Å². The lowest BCUT2D eigenvalue weighted by atomic mass is 9.94. The van der Waals surface area contributed by atoms with Crippen molar-refractivity contribution in [3.05, 3.63) is 11.9 Å². The summed E-state index contributed by atoms with van der Waals surface area (Å²) in [7, 11) is 1.87. The van der Waals surface area contributed by atoms with Crippen LogP contribution in [0.25, 0.3) is 0 Å². The SMILES string of the molecule is CCc1nc(NC)cc(N2CCC(C)(O)CC2)n1. The zero-order valence-electron chi connectivity index (χ0n) is 11.4. The zero-order chi connectivity index (χ0) is 13.2. The first-order chi connectivity index (χ1) is 8.54. The van der Waals surface area contributed by atoms with Crippen LogP contribution in [0.2, 0.25) is 0 Å². The molecule has 0 amide bonds. The van der Waals surface area contributed by atoms with Crippen LogP contribution >= 0.6 is 0 Å². The topological polar surface area (TPSA) is 61.3 Å². The molecule has 5 heteroatoms. The van der Waals surface area contributed by atoms with Crippen molar-refractivity contribution in [3.8, 4) is 0 Å². The first-order valence-corrected chi connectivity index (χ1v) is 6.57. The van der Waals surface area contributed by atoms with Gasteiger partial charge in [-0.25, -0.2) is 9.97 Å². The number of nitrogens with zero attached hydrogens (tertiary/aromatic N) is 3. The molecular weight excluding hydrogens is 228 g/mol. The van der Waals surface area contributed by atoms with Crippen LogP contribution in [0.3, 0.4) is 0 Å². The summed E-state index contributed by atoms with van der Waals surface area (Å²) in [6.07, 6.45) is 2.40. The van der Waals surface area contributed by atoms with E-state index in [0.29, 0.717) is 0 Å². The maximum absolute atomic E-state index is 9.97. The fourth-order valence-corrected chi connectivity index (χ4v) is 2.15.